The molecule has 0 saturated carbocycles. The van der Waals surface area contributed by atoms with Gasteiger partial charge in [0.05, 0.1) is 9.79 Å². The first kappa shape index (κ1) is 18.0. The van der Waals surface area contributed by atoms with Crippen LogP contribution in [-0.2, 0) is 20.2 Å². The molecule has 10 heteroatoms. The van der Waals surface area contributed by atoms with Crippen molar-refractivity contribution in [3.8, 4) is 0 Å². The van der Waals surface area contributed by atoms with E-state index in [-0.39, 0.29) is 67.8 Å². The fourth-order valence-corrected chi connectivity index (χ4v) is 2.99. The number of hydrogen-bond donors (Lipinski definition) is 1. The number of fused-ring (bicyclic) bond motifs is 1. The Morgan fingerprint density at radius 3 is 2.00 bits per heavy atom. The quantitative estimate of drug-likeness (QED) is 0.354. The van der Waals surface area contributed by atoms with E-state index in [1.54, 1.807) is 0 Å². The molecule has 0 saturated heterocycles. The maximum absolute atomic E-state index is 11.1. The predicted molar refractivity (Wildman–Crippen MR) is 64.3 cm³/mol. The second kappa shape index (κ2) is 5.99. The normalized spacial score (nSPS) is 12.1. The van der Waals surface area contributed by atoms with Gasteiger partial charge >= 0.3 is 51.4 Å². The average molecular weight is 340 g/mol. The van der Waals surface area contributed by atoms with Crippen LogP contribution < -0.4 is 57.1 Å². The fourth-order valence-electron chi connectivity index (χ4n) is 1.67. The van der Waals surface area contributed by atoms with Crippen LogP contribution in [0.3, 0.4) is 0 Å². The van der Waals surface area contributed by atoms with Gasteiger partial charge in [0.15, 0.2) is 0 Å². The molecule has 0 amide bonds. The Morgan fingerprint density at radius 2 is 1.50 bits per heavy atom. The summed E-state index contributed by atoms with van der Waals surface area (Å²) in [5, 5.41) is 0.1000. The first-order chi connectivity index (χ1) is 8.59. The summed E-state index contributed by atoms with van der Waals surface area (Å²) in [5.74, 6) is 0. The van der Waals surface area contributed by atoms with Gasteiger partial charge < -0.3 is 14.8 Å². The van der Waals surface area contributed by atoms with Crippen LogP contribution in [0.25, 0.3) is 10.8 Å². The first-order valence-corrected chi connectivity index (χ1v) is 7.66. The van der Waals surface area contributed by atoms with E-state index in [0.717, 1.165) is 6.07 Å². The Balaban J connectivity index is 0.00000200. The molecule has 7 nitrogen and oxygen atoms in total. The van der Waals surface area contributed by atoms with Gasteiger partial charge in [-0.3, -0.25) is 0 Å². The standard InChI is InChI=1S/C10H9NO6S2.K/c11-7-2-1-6-3-8(18(12,13)14)5-10(9(6)4-7)19(15,16)17;/h1-5H,11H2,(H,12,13,14)(H,15,16,17);/q;+1/p-2. The van der Waals surface area contributed by atoms with Gasteiger partial charge in [0.1, 0.15) is 20.2 Å². The zero-order valence-corrected chi connectivity index (χ0v) is 15.0. The molecule has 2 rings (SSSR count). The van der Waals surface area contributed by atoms with Gasteiger partial charge in [-0.1, -0.05) is 6.07 Å². The average Bonchev–Trinajstić information content (AvgIpc) is 2.24. The van der Waals surface area contributed by atoms with Crippen molar-refractivity contribution in [3.05, 3.63) is 30.3 Å². The molecular weight excluding hydrogens is 333 g/mol. The summed E-state index contributed by atoms with van der Waals surface area (Å²) in [6.45, 7) is 0. The molecule has 2 aromatic rings. The summed E-state index contributed by atoms with van der Waals surface area (Å²) in [6.07, 6.45) is 0. The summed E-state index contributed by atoms with van der Waals surface area (Å²) in [7, 11) is -9.81. The third-order valence-corrected chi connectivity index (χ3v) is 4.16. The van der Waals surface area contributed by atoms with Gasteiger partial charge in [-0.15, -0.1) is 0 Å². The van der Waals surface area contributed by atoms with Crippen molar-refractivity contribution < 1.29 is 77.3 Å². The van der Waals surface area contributed by atoms with Crippen molar-refractivity contribution in [2.24, 2.45) is 0 Å². The van der Waals surface area contributed by atoms with Gasteiger partial charge in [0.2, 0.25) is 0 Å². The maximum atomic E-state index is 11.1. The van der Waals surface area contributed by atoms with Crippen molar-refractivity contribution in [2.75, 3.05) is 5.73 Å². The molecule has 0 fully saturated rings. The first-order valence-electron chi connectivity index (χ1n) is 4.84. The second-order valence-electron chi connectivity index (χ2n) is 3.81. The molecule has 20 heavy (non-hydrogen) atoms. The molecule has 0 aliphatic carbocycles. The van der Waals surface area contributed by atoms with Crippen LogP contribution >= 0.6 is 0 Å². The Kier molecular flexibility index (Phi) is 5.39. The van der Waals surface area contributed by atoms with Crippen LogP contribution in [-0.4, -0.2) is 25.9 Å². The molecule has 0 radical (unpaired) electrons. The van der Waals surface area contributed by atoms with E-state index in [1.165, 1.54) is 18.2 Å². The molecule has 0 aliphatic heterocycles. The maximum Gasteiger partial charge on any atom is 1.00 e. The van der Waals surface area contributed by atoms with E-state index in [0.29, 0.717) is 6.07 Å². The minimum absolute atomic E-state index is 0. The number of anilines is 1. The third kappa shape index (κ3) is 3.78. The van der Waals surface area contributed by atoms with Crippen LogP contribution in [0.15, 0.2) is 40.1 Å². The molecule has 0 heterocycles. The van der Waals surface area contributed by atoms with Gasteiger partial charge in [-0.2, -0.15) is 0 Å². The predicted octanol–water partition coefficient (Wildman–Crippen LogP) is -2.77. The summed E-state index contributed by atoms with van der Waals surface area (Å²) in [4.78, 5) is -1.56. The molecular formula is C10H7KNO6S2-. The Morgan fingerprint density at radius 1 is 0.900 bits per heavy atom. The second-order valence-corrected chi connectivity index (χ2v) is 6.54. The Labute approximate surface area is 158 Å². The number of hydrogen-bond acceptors (Lipinski definition) is 7. The number of nitrogens with two attached hydrogens (primary N) is 1. The molecule has 0 aromatic heterocycles. The van der Waals surface area contributed by atoms with E-state index >= 15 is 0 Å². The summed E-state index contributed by atoms with van der Waals surface area (Å²) >= 11 is 0. The van der Waals surface area contributed by atoms with E-state index in [9.17, 15) is 25.9 Å². The van der Waals surface area contributed by atoms with E-state index in [2.05, 4.69) is 0 Å². The molecule has 0 aliphatic rings. The van der Waals surface area contributed by atoms with Crippen LogP contribution in [0, 0.1) is 0 Å². The van der Waals surface area contributed by atoms with E-state index in [4.69, 9.17) is 5.73 Å². The van der Waals surface area contributed by atoms with Crippen LogP contribution in [0.5, 0.6) is 0 Å². The Hall–Kier alpha value is -0.0436. The van der Waals surface area contributed by atoms with Crippen LogP contribution in [0.4, 0.5) is 5.69 Å². The van der Waals surface area contributed by atoms with E-state index in [1.807, 2.05) is 0 Å². The summed E-state index contributed by atoms with van der Waals surface area (Å²) in [5.41, 5.74) is 5.69. The summed E-state index contributed by atoms with van der Waals surface area (Å²) in [6, 6.07) is 5.48. The molecule has 0 unspecified atom stereocenters. The molecule has 0 spiro atoms. The molecule has 2 aromatic carbocycles. The van der Waals surface area contributed by atoms with Crippen LogP contribution in [0.2, 0.25) is 0 Å². The topological polar surface area (TPSA) is 140 Å². The number of benzene rings is 2. The largest absolute Gasteiger partial charge is 1.00 e. The minimum Gasteiger partial charge on any atom is -0.744 e. The molecule has 0 atom stereocenters. The van der Waals surface area contributed by atoms with Gasteiger partial charge in [-0.05, 0) is 29.7 Å². The zero-order chi connectivity index (χ0) is 14.4. The van der Waals surface area contributed by atoms with Gasteiger partial charge in [0.25, 0.3) is 0 Å². The molecule has 102 valence electrons. The fraction of sp³-hybridized carbons (Fsp3) is 0. The third-order valence-electron chi connectivity index (χ3n) is 2.47. The zero-order valence-electron chi connectivity index (χ0n) is 10.2. The van der Waals surface area contributed by atoms with Crippen LogP contribution in [0.1, 0.15) is 0 Å². The van der Waals surface area contributed by atoms with Crippen molar-refractivity contribution in [1.82, 2.24) is 0 Å². The molecule has 0 bridgehead atoms. The minimum atomic E-state index is -4.94. The SMILES string of the molecule is Nc1ccc2cc(S(=O)(=O)[O-])cc(S(=O)(=O)[O-])c2c1.[K+]. The van der Waals surface area contributed by atoms with Gasteiger partial charge in [-0.25, -0.2) is 16.8 Å². The van der Waals surface area contributed by atoms with Gasteiger partial charge in [0, 0.05) is 11.1 Å². The number of nitrogen functional groups attached to an aromatic ring is 1. The summed E-state index contributed by atoms with van der Waals surface area (Å²) < 4.78 is 66.3. The smallest absolute Gasteiger partial charge is 0.744 e. The van der Waals surface area contributed by atoms with E-state index < -0.39 is 30.0 Å². The van der Waals surface area contributed by atoms with Crippen molar-refractivity contribution in [2.45, 2.75) is 9.79 Å². The number of rotatable bonds is 2. The van der Waals surface area contributed by atoms with Crippen molar-refractivity contribution in [1.29, 1.82) is 0 Å². The monoisotopic (exact) mass is 340 g/mol. The van der Waals surface area contributed by atoms with Crippen molar-refractivity contribution >= 4 is 36.7 Å². The van der Waals surface area contributed by atoms with Crippen molar-refractivity contribution in [3.63, 3.8) is 0 Å². The Bertz CT molecular complexity index is 876. The molecule has 2 N–H and O–H groups in total.